The van der Waals surface area contributed by atoms with Gasteiger partial charge in [0.1, 0.15) is 0 Å². The number of anilines is 1. The monoisotopic (exact) mass is 407 g/mol. The molecule has 2 aromatic rings. The smallest absolute Gasteiger partial charge is 0.258 e. The van der Waals surface area contributed by atoms with Crippen LogP contribution in [0.15, 0.2) is 35.3 Å². The maximum absolute atomic E-state index is 13.1. The summed E-state index contributed by atoms with van der Waals surface area (Å²) < 4.78 is 1.75. The summed E-state index contributed by atoms with van der Waals surface area (Å²) in [5.74, 6) is 2.66. The second-order valence-electron chi connectivity index (χ2n) is 10.5. The SMILES string of the molecule is CN(C)CCn1ccc2c(NC(=O)CC34CC5CC(CC(C5)C3)C4)cccc2c1=O. The van der Waals surface area contributed by atoms with E-state index in [1.165, 1.54) is 38.5 Å². The summed E-state index contributed by atoms with van der Waals surface area (Å²) in [7, 11) is 4.01. The van der Waals surface area contributed by atoms with Crippen LogP contribution in [0.1, 0.15) is 44.9 Å². The summed E-state index contributed by atoms with van der Waals surface area (Å²) in [5.41, 5.74) is 0.994. The molecule has 1 heterocycles. The zero-order chi connectivity index (χ0) is 20.9. The number of benzene rings is 1. The number of hydrogen-bond donors (Lipinski definition) is 1. The highest BCUT2D eigenvalue weighted by Crippen LogP contribution is 2.61. The van der Waals surface area contributed by atoms with Crippen LogP contribution in [0.4, 0.5) is 5.69 Å². The van der Waals surface area contributed by atoms with Crippen LogP contribution in [-0.2, 0) is 11.3 Å². The minimum Gasteiger partial charge on any atom is -0.325 e. The minimum absolute atomic E-state index is 0.00605. The molecule has 0 atom stereocenters. The van der Waals surface area contributed by atoms with E-state index >= 15 is 0 Å². The van der Waals surface area contributed by atoms with Gasteiger partial charge in [0, 0.05) is 42.2 Å². The summed E-state index contributed by atoms with van der Waals surface area (Å²) in [5, 5.41) is 4.67. The third-order valence-corrected chi connectivity index (χ3v) is 7.78. The van der Waals surface area contributed by atoms with Gasteiger partial charge in [0.2, 0.25) is 5.91 Å². The van der Waals surface area contributed by atoms with Crippen molar-refractivity contribution in [1.29, 1.82) is 0 Å². The van der Waals surface area contributed by atoms with E-state index in [1.807, 2.05) is 44.6 Å². The fraction of sp³-hybridized carbons (Fsp3) is 0.600. The fourth-order valence-electron chi connectivity index (χ4n) is 6.95. The molecule has 1 amide bonds. The zero-order valence-electron chi connectivity index (χ0n) is 18.2. The Kier molecular flexibility index (Phi) is 4.97. The molecule has 160 valence electrons. The maximum atomic E-state index is 13.1. The standard InChI is InChI=1S/C25H33N3O2/c1-27(2)8-9-28-7-6-20-21(24(28)30)4-3-5-22(20)26-23(29)16-25-13-17-10-18(14-25)12-19(11-17)15-25/h3-7,17-19H,8-16H2,1-2H3,(H,26,29). The van der Waals surface area contributed by atoms with Gasteiger partial charge >= 0.3 is 0 Å². The third kappa shape index (κ3) is 3.68. The molecule has 4 aliphatic rings. The summed E-state index contributed by atoms with van der Waals surface area (Å²) in [6.07, 6.45) is 10.4. The molecule has 0 spiro atoms. The van der Waals surface area contributed by atoms with Crippen LogP contribution in [0.25, 0.3) is 10.8 Å². The third-order valence-electron chi connectivity index (χ3n) is 7.78. The molecular formula is C25H33N3O2. The van der Waals surface area contributed by atoms with Crippen molar-refractivity contribution < 1.29 is 4.79 Å². The molecule has 30 heavy (non-hydrogen) atoms. The Morgan fingerprint density at radius 2 is 1.73 bits per heavy atom. The molecule has 6 rings (SSSR count). The second kappa shape index (κ2) is 7.52. The summed E-state index contributed by atoms with van der Waals surface area (Å²) in [6.45, 7) is 1.47. The lowest BCUT2D eigenvalue weighted by atomic mass is 9.49. The number of rotatable bonds is 6. The molecule has 5 heteroatoms. The Labute approximate surface area is 178 Å². The number of nitrogens with zero attached hydrogens (tertiary/aromatic N) is 2. The molecule has 1 aromatic carbocycles. The van der Waals surface area contributed by atoms with Crippen molar-refractivity contribution in [1.82, 2.24) is 9.47 Å². The van der Waals surface area contributed by atoms with Crippen molar-refractivity contribution in [3.63, 3.8) is 0 Å². The lowest BCUT2D eigenvalue weighted by Gasteiger charge is -2.56. The van der Waals surface area contributed by atoms with Gasteiger partial charge in [-0.2, -0.15) is 0 Å². The second-order valence-corrected chi connectivity index (χ2v) is 10.5. The van der Waals surface area contributed by atoms with Crippen LogP contribution in [-0.4, -0.2) is 36.0 Å². The lowest BCUT2D eigenvalue weighted by molar-refractivity contribution is -0.124. The molecule has 5 nitrogen and oxygen atoms in total. The number of nitrogens with one attached hydrogen (secondary N) is 1. The predicted octanol–water partition coefficient (Wildman–Crippen LogP) is 4.11. The molecule has 0 saturated heterocycles. The minimum atomic E-state index is 0.00605. The summed E-state index contributed by atoms with van der Waals surface area (Å²) >= 11 is 0. The molecule has 1 N–H and O–H groups in total. The summed E-state index contributed by atoms with van der Waals surface area (Å²) in [6, 6.07) is 7.62. The zero-order valence-corrected chi connectivity index (χ0v) is 18.2. The number of hydrogen-bond acceptors (Lipinski definition) is 3. The topological polar surface area (TPSA) is 54.3 Å². The highest BCUT2D eigenvalue weighted by molar-refractivity contribution is 6.02. The number of carbonyl (C=O) groups excluding carboxylic acids is 1. The Bertz CT molecular complexity index is 987. The highest BCUT2D eigenvalue weighted by atomic mass is 16.1. The van der Waals surface area contributed by atoms with Gasteiger partial charge in [-0.05, 0) is 94.0 Å². The quantitative estimate of drug-likeness (QED) is 0.784. The number of likely N-dealkylation sites (N-methyl/N-ethyl adjacent to an activating group) is 1. The van der Waals surface area contributed by atoms with Gasteiger partial charge in [0.15, 0.2) is 0 Å². The molecular weight excluding hydrogens is 374 g/mol. The van der Waals surface area contributed by atoms with E-state index in [2.05, 4.69) is 10.2 Å². The van der Waals surface area contributed by atoms with Gasteiger partial charge in [-0.15, -0.1) is 0 Å². The Hall–Kier alpha value is -2.14. The van der Waals surface area contributed by atoms with E-state index in [4.69, 9.17) is 0 Å². The van der Waals surface area contributed by atoms with Crippen molar-refractivity contribution in [3.05, 3.63) is 40.8 Å². The molecule has 4 fully saturated rings. The first kappa shape index (κ1) is 19.8. The molecule has 0 aliphatic heterocycles. The van der Waals surface area contributed by atoms with Gasteiger partial charge in [-0.25, -0.2) is 0 Å². The average Bonchev–Trinajstić information content (AvgIpc) is 2.66. The number of amides is 1. The number of carbonyl (C=O) groups is 1. The molecule has 4 saturated carbocycles. The first-order chi connectivity index (χ1) is 14.4. The first-order valence-corrected chi connectivity index (χ1v) is 11.5. The van der Waals surface area contributed by atoms with Crippen LogP contribution < -0.4 is 10.9 Å². The van der Waals surface area contributed by atoms with Gasteiger partial charge in [0.25, 0.3) is 5.56 Å². The Balaban J connectivity index is 1.34. The van der Waals surface area contributed by atoms with E-state index < -0.39 is 0 Å². The summed E-state index contributed by atoms with van der Waals surface area (Å²) in [4.78, 5) is 28.0. The molecule has 1 aromatic heterocycles. The lowest BCUT2D eigenvalue weighted by Crippen LogP contribution is -2.47. The van der Waals surface area contributed by atoms with E-state index in [0.717, 1.165) is 35.4 Å². The van der Waals surface area contributed by atoms with Gasteiger partial charge < -0.3 is 14.8 Å². The van der Waals surface area contributed by atoms with Gasteiger partial charge in [-0.1, -0.05) is 6.07 Å². The van der Waals surface area contributed by atoms with Crippen LogP contribution in [0.5, 0.6) is 0 Å². The Morgan fingerprint density at radius 3 is 2.37 bits per heavy atom. The predicted molar refractivity (Wildman–Crippen MR) is 121 cm³/mol. The van der Waals surface area contributed by atoms with Gasteiger partial charge in [0.05, 0.1) is 0 Å². The molecule has 0 unspecified atom stereocenters. The van der Waals surface area contributed by atoms with Crippen molar-refractivity contribution in [2.75, 3.05) is 26.0 Å². The Morgan fingerprint density at radius 1 is 1.07 bits per heavy atom. The largest absolute Gasteiger partial charge is 0.325 e. The van der Waals surface area contributed by atoms with Crippen molar-refractivity contribution in [3.8, 4) is 0 Å². The van der Waals surface area contributed by atoms with E-state index in [1.54, 1.807) is 4.57 Å². The number of fused-ring (bicyclic) bond motifs is 1. The molecule has 0 radical (unpaired) electrons. The average molecular weight is 408 g/mol. The van der Waals surface area contributed by atoms with Crippen LogP contribution >= 0.6 is 0 Å². The maximum Gasteiger partial charge on any atom is 0.258 e. The number of pyridine rings is 1. The van der Waals surface area contributed by atoms with Gasteiger partial charge in [-0.3, -0.25) is 9.59 Å². The normalized spacial score (nSPS) is 29.6. The van der Waals surface area contributed by atoms with Crippen LogP contribution in [0, 0.1) is 23.2 Å². The van der Waals surface area contributed by atoms with Crippen molar-refractivity contribution in [2.24, 2.45) is 23.2 Å². The molecule has 4 bridgehead atoms. The van der Waals surface area contributed by atoms with Crippen LogP contribution in [0.3, 0.4) is 0 Å². The van der Waals surface area contributed by atoms with Crippen molar-refractivity contribution >= 4 is 22.4 Å². The first-order valence-electron chi connectivity index (χ1n) is 11.5. The highest BCUT2D eigenvalue weighted by Gasteiger charge is 2.51. The van der Waals surface area contributed by atoms with E-state index in [0.29, 0.717) is 18.4 Å². The molecule has 4 aliphatic carbocycles. The van der Waals surface area contributed by atoms with E-state index in [9.17, 15) is 9.59 Å². The van der Waals surface area contributed by atoms with Crippen molar-refractivity contribution in [2.45, 2.75) is 51.5 Å². The van der Waals surface area contributed by atoms with Crippen LogP contribution in [0.2, 0.25) is 0 Å². The fourth-order valence-corrected chi connectivity index (χ4v) is 6.95. The number of aromatic nitrogens is 1. The van der Waals surface area contributed by atoms with E-state index in [-0.39, 0.29) is 16.9 Å².